The van der Waals surface area contributed by atoms with E-state index in [1.165, 1.54) is 11.1 Å². The Labute approximate surface area is 122 Å². The number of benzene rings is 1. The molecule has 0 radical (unpaired) electrons. The van der Waals surface area contributed by atoms with E-state index in [1.807, 2.05) is 11.9 Å². The Kier molecular flexibility index (Phi) is 4.48. The van der Waals surface area contributed by atoms with E-state index in [0.717, 1.165) is 19.3 Å². The van der Waals surface area contributed by atoms with E-state index < -0.39 is 0 Å². The molecule has 2 rings (SSSR count). The van der Waals surface area contributed by atoms with Crippen molar-refractivity contribution in [3.05, 3.63) is 35.4 Å². The lowest BCUT2D eigenvalue weighted by Crippen LogP contribution is -2.45. The van der Waals surface area contributed by atoms with Crippen LogP contribution in [0.15, 0.2) is 24.3 Å². The van der Waals surface area contributed by atoms with Gasteiger partial charge in [-0.3, -0.25) is 4.79 Å². The fourth-order valence-corrected chi connectivity index (χ4v) is 2.77. The smallest absolute Gasteiger partial charge is 0.236 e. The van der Waals surface area contributed by atoms with Gasteiger partial charge in [-0.15, -0.1) is 0 Å². The highest BCUT2D eigenvalue weighted by Crippen LogP contribution is 2.33. The van der Waals surface area contributed by atoms with Crippen LogP contribution < -0.4 is 5.32 Å². The summed E-state index contributed by atoms with van der Waals surface area (Å²) in [5.41, 5.74) is 2.69. The summed E-state index contributed by atoms with van der Waals surface area (Å²) in [5.74, 6) is 0.168. The second-order valence-corrected chi connectivity index (χ2v) is 6.72. The quantitative estimate of drug-likeness (QED) is 0.919. The molecule has 20 heavy (non-hydrogen) atoms. The minimum atomic E-state index is -0.0268. The molecule has 0 fully saturated rings. The van der Waals surface area contributed by atoms with Gasteiger partial charge in [0.25, 0.3) is 0 Å². The number of hydrogen-bond donors (Lipinski definition) is 1. The van der Waals surface area contributed by atoms with Crippen molar-refractivity contribution in [2.75, 3.05) is 13.6 Å². The number of amides is 1. The molecule has 1 unspecified atom stereocenters. The van der Waals surface area contributed by atoms with E-state index in [2.05, 4.69) is 50.4 Å². The van der Waals surface area contributed by atoms with Crippen molar-refractivity contribution in [3.63, 3.8) is 0 Å². The van der Waals surface area contributed by atoms with E-state index in [1.54, 1.807) is 0 Å². The molecule has 1 amide bonds. The number of aryl methyl sites for hydroxylation is 1. The summed E-state index contributed by atoms with van der Waals surface area (Å²) in [7, 11) is 1.93. The molecule has 1 aliphatic carbocycles. The number of rotatable bonds is 3. The van der Waals surface area contributed by atoms with Gasteiger partial charge in [-0.05, 0) is 51.2 Å². The predicted molar refractivity (Wildman–Crippen MR) is 82.6 cm³/mol. The van der Waals surface area contributed by atoms with Gasteiger partial charge in [0.05, 0.1) is 12.6 Å². The predicted octanol–water partition coefficient (Wildman–Crippen LogP) is 2.91. The molecule has 0 heterocycles. The number of carbonyl (C=O) groups is 1. The molecule has 3 heteroatoms. The number of fused-ring (bicyclic) bond motifs is 1. The lowest BCUT2D eigenvalue weighted by molar-refractivity contribution is -0.131. The summed E-state index contributed by atoms with van der Waals surface area (Å²) in [6.07, 6.45) is 3.36. The number of carbonyl (C=O) groups excluding carboxylic acids is 1. The highest BCUT2D eigenvalue weighted by molar-refractivity contribution is 5.78. The second kappa shape index (κ2) is 5.96. The zero-order valence-corrected chi connectivity index (χ0v) is 13.1. The Morgan fingerprint density at radius 2 is 2.05 bits per heavy atom. The van der Waals surface area contributed by atoms with E-state index in [4.69, 9.17) is 0 Å². The molecule has 0 saturated carbocycles. The summed E-state index contributed by atoms with van der Waals surface area (Å²) in [6, 6.07) is 8.75. The zero-order chi connectivity index (χ0) is 14.8. The first-order valence-corrected chi connectivity index (χ1v) is 7.47. The van der Waals surface area contributed by atoms with Gasteiger partial charge in [0.15, 0.2) is 0 Å². The van der Waals surface area contributed by atoms with Gasteiger partial charge in [0, 0.05) is 12.6 Å². The van der Waals surface area contributed by atoms with Crippen molar-refractivity contribution in [1.82, 2.24) is 10.2 Å². The van der Waals surface area contributed by atoms with Crippen LogP contribution in [0.1, 0.15) is 50.8 Å². The van der Waals surface area contributed by atoms with Crippen molar-refractivity contribution in [3.8, 4) is 0 Å². The average Bonchev–Trinajstić information content (AvgIpc) is 2.42. The molecule has 1 N–H and O–H groups in total. The van der Waals surface area contributed by atoms with Crippen LogP contribution in [0.5, 0.6) is 0 Å². The van der Waals surface area contributed by atoms with Gasteiger partial charge in [-0.25, -0.2) is 0 Å². The lowest BCUT2D eigenvalue weighted by atomic mass is 9.87. The molecular formula is C17H26N2O. The maximum absolute atomic E-state index is 12.4. The zero-order valence-electron chi connectivity index (χ0n) is 13.1. The Balaban J connectivity index is 2.06. The molecule has 0 aromatic heterocycles. The number of likely N-dealkylation sites (N-methyl/N-ethyl adjacent to an activating group) is 1. The fourth-order valence-electron chi connectivity index (χ4n) is 2.77. The third-order valence-corrected chi connectivity index (χ3v) is 3.97. The molecule has 0 bridgehead atoms. The summed E-state index contributed by atoms with van der Waals surface area (Å²) >= 11 is 0. The molecule has 1 aromatic carbocycles. The Morgan fingerprint density at radius 3 is 2.75 bits per heavy atom. The molecular weight excluding hydrogens is 248 g/mol. The maximum atomic E-state index is 12.4. The minimum Gasteiger partial charge on any atom is -0.338 e. The van der Waals surface area contributed by atoms with Crippen molar-refractivity contribution in [2.45, 2.75) is 51.6 Å². The Hall–Kier alpha value is -1.35. The number of nitrogens with one attached hydrogen (secondary N) is 1. The summed E-state index contributed by atoms with van der Waals surface area (Å²) < 4.78 is 0. The maximum Gasteiger partial charge on any atom is 0.236 e. The van der Waals surface area contributed by atoms with Gasteiger partial charge in [-0.1, -0.05) is 24.3 Å². The first-order chi connectivity index (χ1) is 9.38. The Morgan fingerprint density at radius 1 is 1.35 bits per heavy atom. The largest absolute Gasteiger partial charge is 0.338 e. The van der Waals surface area contributed by atoms with Crippen LogP contribution in [0.4, 0.5) is 0 Å². The molecule has 0 saturated heterocycles. The van der Waals surface area contributed by atoms with Gasteiger partial charge < -0.3 is 10.2 Å². The van der Waals surface area contributed by atoms with Crippen LogP contribution in [-0.2, 0) is 11.2 Å². The van der Waals surface area contributed by atoms with Crippen LogP contribution >= 0.6 is 0 Å². The van der Waals surface area contributed by atoms with Crippen LogP contribution in [0.3, 0.4) is 0 Å². The van der Waals surface area contributed by atoms with Crippen LogP contribution in [0, 0.1) is 0 Å². The highest BCUT2D eigenvalue weighted by Gasteiger charge is 2.26. The van der Waals surface area contributed by atoms with Crippen molar-refractivity contribution in [1.29, 1.82) is 0 Å². The molecule has 0 spiro atoms. The van der Waals surface area contributed by atoms with E-state index in [-0.39, 0.29) is 17.5 Å². The van der Waals surface area contributed by atoms with Gasteiger partial charge >= 0.3 is 0 Å². The fraction of sp³-hybridized carbons (Fsp3) is 0.588. The number of nitrogens with zero attached hydrogens (tertiary/aromatic N) is 1. The molecule has 3 nitrogen and oxygen atoms in total. The summed E-state index contributed by atoms with van der Waals surface area (Å²) in [4.78, 5) is 14.3. The molecule has 1 aromatic rings. The lowest BCUT2D eigenvalue weighted by Gasteiger charge is -2.34. The van der Waals surface area contributed by atoms with E-state index >= 15 is 0 Å². The summed E-state index contributed by atoms with van der Waals surface area (Å²) in [5, 5.41) is 3.27. The molecule has 110 valence electrons. The van der Waals surface area contributed by atoms with Crippen LogP contribution in [0.25, 0.3) is 0 Å². The third-order valence-electron chi connectivity index (χ3n) is 3.97. The van der Waals surface area contributed by atoms with Gasteiger partial charge in [-0.2, -0.15) is 0 Å². The first kappa shape index (κ1) is 15.0. The normalized spacial score (nSPS) is 18.5. The van der Waals surface area contributed by atoms with E-state index in [9.17, 15) is 4.79 Å². The van der Waals surface area contributed by atoms with E-state index in [0.29, 0.717) is 6.54 Å². The minimum absolute atomic E-state index is 0.0268. The third kappa shape index (κ3) is 3.60. The first-order valence-electron chi connectivity index (χ1n) is 7.47. The number of hydrogen-bond acceptors (Lipinski definition) is 2. The monoisotopic (exact) mass is 274 g/mol. The van der Waals surface area contributed by atoms with Gasteiger partial charge in [0.2, 0.25) is 5.91 Å². The van der Waals surface area contributed by atoms with Crippen molar-refractivity contribution in [2.24, 2.45) is 0 Å². The SMILES string of the molecule is CN(C(=O)CNC(C)(C)C)C1CCCc2ccccc21. The van der Waals surface area contributed by atoms with Crippen LogP contribution in [0.2, 0.25) is 0 Å². The molecule has 0 aliphatic heterocycles. The second-order valence-electron chi connectivity index (χ2n) is 6.72. The summed E-state index contributed by atoms with van der Waals surface area (Å²) in [6.45, 7) is 6.64. The standard InChI is InChI=1S/C17H26N2O/c1-17(2,3)18-12-16(20)19(4)15-11-7-9-13-8-5-6-10-14(13)15/h5-6,8,10,15,18H,7,9,11-12H2,1-4H3. The average molecular weight is 274 g/mol. The topological polar surface area (TPSA) is 32.3 Å². The molecule has 1 aliphatic rings. The van der Waals surface area contributed by atoms with Gasteiger partial charge in [0.1, 0.15) is 0 Å². The van der Waals surface area contributed by atoms with Crippen molar-refractivity contribution >= 4 is 5.91 Å². The van der Waals surface area contributed by atoms with Crippen molar-refractivity contribution < 1.29 is 4.79 Å². The molecule has 1 atom stereocenters. The van der Waals surface area contributed by atoms with Crippen LogP contribution in [-0.4, -0.2) is 29.9 Å². The highest BCUT2D eigenvalue weighted by atomic mass is 16.2. The Bertz CT molecular complexity index is 476.